The summed E-state index contributed by atoms with van der Waals surface area (Å²) in [4.78, 5) is 10.2. The number of rotatable bonds is 4. The van der Waals surface area contributed by atoms with Crippen LogP contribution in [-0.4, -0.2) is 12.8 Å². The molecule has 13 heavy (non-hydrogen) atoms. The lowest BCUT2D eigenvalue weighted by molar-refractivity contribution is -0.164. The molecule has 0 heterocycles. The first-order chi connectivity index (χ1) is 6.18. The Labute approximate surface area is 78.2 Å². The molecule has 0 aliphatic heterocycles. The summed E-state index contributed by atoms with van der Waals surface area (Å²) in [6.07, 6.45) is 0.0726. The van der Waals surface area contributed by atoms with Gasteiger partial charge in [0.2, 0.25) is 0 Å². The number of benzene rings is 1. The molecule has 4 heteroatoms. The molecule has 0 bridgehead atoms. The maximum atomic E-state index is 10.2. The molecule has 0 N–H and O–H groups in total. The van der Waals surface area contributed by atoms with Crippen molar-refractivity contribution in [1.29, 1.82) is 0 Å². The van der Waals surface area contributed by atoms with Gasteiger partial charge in [0, 0.05) is 0 Å². The SMILES string of the molecule is Cc1ccc(OCC[P+](=O)[O-])cc1. The Balaban J connectivity index is 2.37. The standard InChI is InChI=1S/C9H11O3P/c1-8-2-4-9(5-3-8)12-6-7-13(10)11/h2-5H,6-7H2,1H3. The van der Waals surface area contributed by atoms with Gasteiger partial charge < -0.3 is 9.63 Å². The van der Waals surface area contributed by atoms with E-state index in [4.69, 9.17) is 4.74 Å². The van der Waals surface area contributed by atoms with E-state index in [2.05, 4.69) is 0 Å². The van der Waals surface area contributed by atoms with Crippen molar-refractivity contribution < 1.29 is 14.2 Å². The van der Waals surface area contributed by atoms with Crippen LogP contribution in [-0.2, 0) is 4.57 Å². The van der Waals surface area contributed by atoms with Gasteiger partial charge in [-0.2, -0.15) is 0 Å². The molecule has 1 aromatic rings. The highest BCUT2D eigenvalue weighted by atomic mass is 31.1. The molecule has 1 unspecified atom stereocenters. The summed E-state index contributed by atoms with van der Waals surface area (Å²) >= 11 is 0. The first-order valence-corrected chi connectivity index (χ1v) is 5.36. The minimum atomic E-state index is -2.33. The van der Waals surface area contributed by atoms with Crippen LogP contribution in [0, 0.1) is 6.92 Å². The zero-order valence-corrected chi connectivity index (χ0v) is 8.29. The molecule has 0 fully saturated rings. The largest absolute Gasteiger partial charge is 0.595 e. The van der Waals surface area contributed by atoms with Crippen molar-refractivity contribution in [2.45, 2.75) is 6.92 Å². The van der Waals surface area contributed by atoms with Gasteiger partial charge in [-0.15, -0.1) is 0 Å². The molecule has 70 valence electrons. The lowest BCUT2D eigenvalue weighted by Gasteiger charge is -2.02. The van der Waals surface area contributed by atoms with Gasteiger partial charge in [-0.3, -0.25) is 0 Å². The van der Waals surface area contributed by atoms with E-state index in [0.29, 0.717) is 5.75 Å². The second-order valence-electron chi connectivity index (χ2n) is 2.72. The molecule has 0 spiro atoms. The molecule has 0 aromatic heterocycles. The molecule has 0 saturated heterocycles. The summed E-state index contributed by atoms with van der Waals surface area (Å²) < 4.78 is 15.4. The van der Waals surface area contributed by atoms with Crippen molar-refractivity contribution in [2.24, 2.45) is 0 Å². The minimum absolute atomic E-state index is 0.0726. The zero-order chi connectivity index (χ0) is 9.68. The monoisotopic (exact) mass is 198 g/mol. The van der Waals surface area contributed by atoms with E-state index in [9.17, 15) is 9.46 Å². The summed E-state index contributed by atoms with van der Waals surface area (Å²) in [7, 11) is -2.33. The van der Waals surface area contributed by atoms with Crippen molar-refractivity contribution in [2.75, 3.05) is 12.8 Å². The van der Waals surface area contributed by atoms with Crippen LogP contribution in [0.15, 0.2) is 24.3 Å². The fraction of sp³-hybridized carbons (Fsp3) is 0.333. The molecule has 0 amide bonds. The van der Waals surface area contributed by atoms with Gasteiger partial charge in [0.15, 0.2) is 6.16 Å². The predicted octanol–water partition coefficient (Wildman–Crippen LogP) is 1.48. The minimum Gasteiger partial charge on any atom is -0.595 e. The van der Waals surface area contributed by atoms with Crippen LogP contribution in [0.1, 0.15) is 5.56 Å². The molecule has 1 rings (SSSR count). The fourth-order valence-corrected chi connectivity index (χ4v) is 1.11. The third kappa shape index (κ3) is 4.02. The normalized spacial score (nSPS) is 11.1. The van der Waals surface area contributed by atoms with Gasteiger partial charge in [0.25, 0.3) is 0 Å². The molecular weight excluding hydrogens is 187 g/mol. The third-order valence-corrected chi connectivity index (χ3v) is 2.11. The summed E-state index contributed by atoms with van der Waals surface area (Å²) in [5, 5.41) is 0. The van der Waals surface area contributed by atoms with E-state index in [0.717, 1.165) is 5.56 Å². The van der Waals surface area contributed by atoms with E-state index >= 15 is 0 Å². The molecular formula is C9H11O3P. The van der Waals surface area contributed by atoms with Gasteiger partial charge in [-0.25, -0.2) is 0 Å². The second-order valence-corrected chi connectivity index (χ2v) is 3.83. The summed E-state index contributed by atoms with van der Waals surface area (Å²) in [5.41, 5.74) is 1.15. The van der Waals surface area contributed by atoms with Gasteiger partial charge in [-0.05, 0) is 19.1 Å². The van der Waals surface area contributed by atoms with Crippen molar-refractivity contribution in [1.82, 2.24) is 0 Å². The van der Waals surface area contributed by atoms with Crippen molar-refractivity contribution >= 4 is 8.03 Å². The number of hydrogen-bond donors (Lipinski definition) is 0. The summed E-state index contributed by atoms with van der Waals surface area (Å²) in [6, 6.07) is 7.50. The Bertz CT molecular complexity index is 281. The van der Waals surface area contributed by atoms with Gasteiger partial charge >= 0.3 is 8.03 Å². The van der Waals surface area contributed by atoms with Crippen LogP contribution in [0.5, 0.6) is 5.75 Å². The molecule has 0 saturated carbocycles. The third-order valence-electron chi connectivity index (χ3n) is 1.56. The van der Waals surface area contributed by atoms with Crippen molar-refractivity contribution in [3.63, 3.8) is 0 Å². The van der Waals surface area contributed by atoms with Gasteiger partial charge in [-0.1, -0.05) is 22.3 Å². The quantitative estimate of drug-likeness (QED) is 0.688. The molecule has 1 aromatic carbocycles. The van der Waals surface area contributed by atoms with E-state index in [1.807, 2.05) is 31.2 Å². The smallest absolute Gasteiger partial charge is 0.312 e. The number of hydrogen-bond acceptors (Lipinski definition) is 3. The van der Waals surface area contributed by atoms with E-state index in [1.165, 1.54) is 0 Å². The van der Waals surface area contributed by atoms with Crippen molar-refractivity contribution in [3.05, 3.63) is 29.8 Å². The Morgan fingerprint density at radius 2 is 2.00 bits per heavy atom. The lowest BCUT2D eigenvalue weighted by atomic mass is 10.2. The second kappa shape index (κ2) is 4.95. The Hall–Kier alpha value is -0.920. The van der Waals surface area contributed by atoms with Crippen LogP contribution in [0.3, 0.4) is 0 Å². The van der Waals surface area contributed by atoms with E-state index < -0.39 is 8.03 Å². The van der Waals surface area contributed by atoms with Gasteiger partial charge in [0.1, 0.15) is 12.4 Å². The highest BCUT2D eigenvalue weighted by Crippen LogP contribution is 2.12. The number of ether oxygens (including phenoxy) is 1. The molecule has 1 atom stereocenters. The molecule has 0 radical (unpaired) electrons. The molecule has 3 nitrogen and oxygen atoms in total. The highest BCUT2D eigenvalue weighted by molar-refractivity contribution is 7.36. The van der Waals surface area contributed by atoms with Crippen LogP contribution in [0.2, 0.25) is 0 Å². The first-order valence-electron chi connectivity index (χ1n) is 4.00. The molecule has 0 aliphatic carbocycles. The average Bonchev–Trinajstić information content (AvgIpc) is 2.08. The molecule has 0 aliphatic rings. The average molecular weight is 198 g/mol. The van der Waals surface area contributed by atoms with Crippen LogP contribution in [0.25, 0.3) is 0 Å². The fourth-order valence-electron chi connectivity index (χ4n) is 0.873. The predicted molar refractivity (Wildman–Crippen MR) is 49.1 cm³/mol. The Morgan fingerprint density at radius 1 is 1.38 bits per heavy atom. The van der Waals surface area contributed by atoms with Crippen molar-refractivity contribution in [3.8, 4) is 5.75 Å². The summed E-state index contributed by atoms with van der Waals surface area (Å²) in [6.45, 7) is 2.21. The number of aryl methyl sites for hydroxylation is 1. The first kappa shape index (κ1) is 10.2. The zero-order valence-electron chi connectivity index (χ0n) is 7.40. The summed E-state index contributed by atoms with van der Waals surface area (Å²) in [5.74, 6) is 0.711. The van der Waals surface area contributed by atoms with Gasteiger partial charge in [0.05, 0.1) is 0 Å². The van der Waals surface area contributed by atoms with E-state index in [1.54, 1.807) is 0 Å². The van der Waals surface area contributed by atoms with Crippen LogP contribution >= 0.6 is 8.03 Å². The Morgan fingerprint density at radius 3 is 2.54 bits per heavy atom. The maximum Gasteiger partial charge on any atom is 0.312 e. The maximum absolute atomic E-state index is 10.2. The lowest BCUT2D eigenvalue weighted by Crippen LogP contribution is -2.03. The Kier molecular flexibility index (Phi) is 3.87. The van der Waals surface area contributed by atoms with Crippen LogP contribution < -0.4 is 9.63 Å². The van der Waals surface area contributed by atoms with E-state index in [-0.39, 0.29) is 12.8 Å². The highest BCUT2D eigenvalue weighted by Gasteiger charge is 2.00. The topological polar surface area (TPSA) is 49.4 Å². The van der Waals surface area contributed by atoms with Crippen LogP contribution in [0.4, 0.5) is 0 Å².